The summed E-state index contributed by atoms with van der Waals surface area (Å²) in [7, 11) is 0. The number of benzene rings is 1. The van der Waals surface area contributed by atoms with E-state index in [9.17, 15) is 5.11 Å². The molecule has 0 aliphatic heterocycles. The van der Waals surface area contributed by atoms with Crippen molar-refractivity contribution in [1.82, 2.24) is 9.55 Å². The topological polar surface area (TPSA) is 38.0 Å². The zero-order valence-corrected chi connectivity index (χ0v) is 12.8. The van der Waals surface area contributed by atoms with Gasteiger partial charge < -0.3 is 9.67 Å². The molecule has 1 aliphatic rings. The van der Waals surface area contributed by atoms with E-state index in [4.69, 9.17) is 0 Å². The summed E-state index contributed by atoms with van der Waals surface area (Å²) in [6.45, 7) is 8.73. The van der Waals surface area contributed by atoms with Crippen molar-refractivity contribution in [3.63, 3.8) is 0 Å². The van der Waals surface area contributed by atoms with Gasteiger partial charge in [-0.15, -0.1) is 0 Å². The van der Waals surface area contributed by atoms with E-state index in [1.54, 1.807) is 0 Å². The fraction of sp³-hybridized carbons (Fsp3) is 0.588. The van der Waals surface area contributed by atoms with Crippen molar-refractivity contribution >= 4 is 11.0 Å². The smallest absolute Gasteiger partial charge is 0.0961 e. The second-order valence-electron chi connectivity index (χ2n) is 6.69. The molecule has 1 aliphatic carbocycles. The number of imidazole rings is 1. The van der Waals surface area contributed by atoms with Crippen LogP contribution >= 0.6 is 0 Å². The van der Waals surface area contributed by atoms with Crippen LogP contribution in [0.4, 0.5) is 0 Å². The number of aliphatic hydroxyl groups is 1. The number of fused-ring (bicyclic) bond motifs is 1. The molecule has 1 saturated carbocycles. The van der Waals surface area contributed by atoms with Crippen molar-refractivity contribution in [3.05, 3.63) is 29.6 Å². The molecule has 4 atom stereocenters. The average molecular weight is 272 g/mol. The molecule has 0 radical (unpaired) electrons. The lowest BCUT2D eigenvalue weighted by Gasteiger charge is -2.37. The number of rotatable bonds is 1. The first-order valence-corrected chi connectivity index (χ1v) is 7.59. The van der Waals surface area contributed by atoms with Gasteiger partial charge in [-0.1, -0.05) is 13.8 Å². The molecular weight excluding hydrogens is 248 g/mol. The zero-order valence-electron chi connectivity index (χ0n) is 12.8. The van der Waals surface area contributed by atoms with Crippen molar-refractivity contribution < 1.29 is 5.11 Å². The quantitative estimate of drug-likeness (QED) is 0.861. The second-order valence-corrected chi connectivity index (χ2v) is 6.69. The highest BCUT2D eigenvalue weighted by Crippen LogP contribution is 2.38. The van der Waals surface area contributed by atoms with Crippen LogP contribution in [-0.4, -0.2) is 20.8 Å². The van der Waals surface area contributed by atoms with E-state index < -0.39 is 0 Å². The van der Waals surface area contributed by atoms with Crippen molar-refractivity contribution in [2.75, 3.05) is 0 Å². The van der Waals surface area contributed by atoms with E-state index in [2.05, 4.69) is 49.4 Å². The maximum Gasteiger partial charge on any atom is 0.0961 e. The molecule has 0 spiro atoms. The van der Waals surface area contributed by atoms with Crippen LogP contribution in [0.3, 0.4) is 0 Å². The third kappa shape index (κ3) is 2.14. The third-order valence-electron chi connectivity index (χ3n) is 4.91. The summed E-state index contributed by atoms with van der Waals surface area (Å²) in [5.74, 6) is 1.09. The monoisotopic (exact) mass is 272 g/mol. The van der Waals surface area contributed by atoms with Crippen molar-refractivity contribution in [3.8, 4) is 0 Å². The minimum Gasteiger partial charge on any atom is -0.391 e. The van der Waals surface area contributed by atoms with Gasteiger partial charge >= 0.3 is 0 Å². The lowest BCUT2D eigenvalue weighted by atomic mass is 9.78. The lowest BCUT2D eigenvalue weighted by molar-refractivity contribution is 0.0252. The van der Waals surface area contributed by atoms with E-state index >= 15 is 0 Å². The highest BCUT2D eigenvalue weighted by Gasteiger charge is 2.34. The first-order valence-electron chi connectivity index (χ1n) is 7.59. The predicted octanol–water partition coefficient (Wildman–Crippen LogP) is 3.62. The Kier molecular flexibility index (Phi) is 3.33. The molecule has 20 heavy (non-hydrogen) atoms. The van der Waals surface area contributed by atoms with Crippen LogP contribution in [0.1, 0.15) is 43.9 Å². The number of aromatic nitrogens is 2. The highest BCUT2D eigenvalue weighted by atomic mass is 16.3. The van der Waals surface area contributed by atoms with Gasteiger partial charge in [0, 0.05) is 0 Å². The van der Waals surface area contributed by atoms with Gasteiger partial charge in [0.05, 0.1) is 29.5 Å². The number of hydrogen-bond donors (Lipinski definition) is 1. The van der Waals surface area contributed by atoms with Gasteiger partial charge in [-0.25, -0.2) is 4.98 Å². The van der Waals surface area contributed by atoms with Gasteiger partial charge in [0.2, 0.25) is 0 Å². The Morgan fingerprint density at radius 1 is 1.15 bits per heavy atom. The minimum atomic E-state index is -0.271. The molecule has 2 aromatic rings. The maximum atomic E-state index is 10.5. The van der Waals surface area contributed by atoms with Gasteiger partial charge in [-0.05, 0) is 61.8 Å². The first-order chi connectivity index (χ1) is 9.47. The normalized spacial score (nSPS) is 30.9. The summed E-state index contributed by atoms with van der Waals surface area (Å²) in [5, 5.41) is 10.5. The molecule has 1 fully saturated rings. The summed E-state index contributed by atoms with van der Waals surface area (Å²) < 4.78 is 2.20. The Morgan fingerprint density at radius 3 is 2.55 bits per heavy atom. The minimum absolute atomic E-state index is 0.151. The molecule has 0 bridgehead atoms. The molecule has 0 amide bonds. The Hall–Kier alpha value is -1.35. The van der Waals surface area contributed by atoms with Gasteiger partial charge in [0.1, 0.15) is 0 Å². The Labute approximate surface area is 120 Å². The molecule has 1 N–H and O–H groups in total. The van der Waals surface area contributed by atoms with Gasteiger partial charge in [0.25, 0.3) is 0 Å². The van der Waals surface area contributed by atoms with Crippen LogP contribution in [0.5, 0.6) is 0 Å². The SMILES string of the molecule is Cc1cc2ncn(C3C(C)CC(C)CC3O)c2cc1C. The number of aliphatic hydroxyl groups excluding tert-OH is 1. The molecule has 4 unspecified atom stereocenters. The summed E-state index contributed by atoms with van der Waals surface area (Å²) in [6.07, 6.45) is 3.70. The van der Waals surface area contributed by atoms with E-state index in [1.807, 2.05) is 6.33 Å². The van der Waals surface area contributed by atoms with E-state index in [0.717, 1.165) is 17.5 Å². The molecule has 1 heterocycles. The Balaban J connectivity index is 2.07. The molecule has 3 rings (SSSR count). The molecule has 1 aromatic heterocycles. The third-order valence-corrected chi connectivity index (χ3v) is 4.91. The molecule has 1 aromatic carbocycles. The van der Waals surface area contributed by atoms with Gasteiger partial charge in [-0.3, -0.25) is 0 Å². The fourth-order valence-corrected chi connectivity index (χ4v) is 3.78. The van der Waals surface area contributed by atoms with Crippen molar-refractivity contribution in [2.24, 2.45) is 11.8 Å². The summed E-state index contributed by atoms with van der Waals surface area (Å²) >= 11 is 0. The average Bonchev–Trinajstić information content (AvgIpc) is 2.72. The standard InChI is InChI=1S/C17H24N2O/c1-10-5-13(4)17(16(20)6-10)19-9-18-14-7-11(2)12(3)8-15(14)19/h7-10,13,16-17,20H,5-6H2,1-4H3. The van der Waals surface area contributed by atoms with Crippen LogP contribution in [0, 0.1) is 25.7 Å². The summed E-state index contributed by atoms with van der Waals surface area (Å²) in [6, 6.07) is 4.50. The Morgan fingerprint density at radius 2 is 1.85 bits per heavy atom. The van der Waals surface area contributed by atoms with E-state index in [1.165, 1.54) is 17.5 Å². The molecule has 0 saturated heterocycles. The first kappa shape index (κ1) is 13.6. The predicted molar refractivity (Wildman–Crippen MR) is 81.8 cm³/mol. The van der Waals surface area contributed by atoms with Crippen LogP contribution in [-0.2, 0) is 0 Å². The largest absolute Gasteiger partial charge is 0.391 e. The van der Waals surface area contributed by atoms with Crippen LogP contribution in [0.15, 0.2) is 18.5 Å². The number of nitrogens with zero attached hydrogens (tertiary/aromatic N) is 2. The van der Waals surface area contributed by atoms with Crippen LogP contribution in [0.25, 0.3) is 11.0 Å². The van der Waals surface area contributed by atoms with Crippen molar-refractivity contribution in [1.29, 1.82) is 0 Å². The summed E-state index contributed by atoms with van der Waals surface area (Å²) in [4.78, 5) is 4.54. The number of aryl methyl sites for hydroxylation is 2. The van der Waals surface area contributed by atoms with Crippen LogP contribution < -0.4 is 0 Å². The van der Waals surface area contributed by atoms with Crippen molar-refractivity contribution in [2.45, 2.75) is 52.7 Å². The molecule has 3 heteroatoms. The Bertz CT molecular complexity index is 619. The molecular formula is C17H24N2O. The summed E-state index contributed by atoms with van der Waals surface area (Å²) in [5.41, 5.74) is 4.74. The molecule has 3 nitrogen and oxygen atoms in total. The highest BCUT2D eigenvalue weighted by molar-refractivity contribution is 5.77. The van der Waals surface area contributed by atoms with Gasteiger partial charge in [0.15, 0.2) is 0 Å². The molecule has 108 valence electrons. The number of hydrogen-bond acceptors (Lipinski definition) is 2. The lowest BCUT2D eigenvalue weighted by Crippen LogP contribution is -2.36. The fourth-order valence-electron chi connectivity index (χ4n) is 3.78. The van der Waals surface area contributed by atoms with E-state index in [-0.39, 0.29) is 12.1 Å². The second kappa shape index (κ2) is 4.88. The zero-order chi connectivity index (χ0) is 14.4. The maximum absolute atomic E-state index is 10.5. The van der Waals surface area contributed by atoms with Crippen LogP contribution in [0.2, 0.25) is 0 Å². The van der Waals surface area contributed by atoms with E-state index in [0.29, 0.717) is 11.8 Å². The van der Waals surface area contributed by atoms with Gasteiger partial charge in [-0.2, -0.15) is 0 Å².